The molecule has 1 saturated heterocycles. The fourth-order valence-corrected chi connectivity index (χ4v) is 3.68. The first-order valence-electron chi connectivity index (χ1n) is 9.43. The first-order valence-corrected chi connectivity index (χ1v) is 9.43. The van der Waals surface area contributed by atoms with Gasteiger partial charge in [0.05, 0.1) is 11.7 Å². The molecule has 1 aliphatic heterocycles. The Kier molecular flexibility index (Phi) is 4.99. The summed E-state index contributed by atoms with van der Waals surface area (Å²) >= 11 is 0. The maximum atomic E-state index is 12.7. The lowest BCUT2D eigenvalue weighted by atomic mass is 9.94. The highest BCUT2D eigenvalue weighted by Crippen LogP contribution is 2.30. The van der Waals surface area contributed by atoms with Gasteiger partial charge in [0.1, 0.15) is 18.1 Å². The normalized spacial score (nSPS) is 19.0. The van der Waals surface area contributed by atoms with Gasteiger partial charge in [0.2, 0.25) is 0 Å². The van der Waals surface area contributed by atoms with Crippen LogP contribution >= 0.6 is 0 Å². The smallest absolute Gasteiger partial charge is 0.291 e. The summed E-state index contributed by atoms with van der Waals surface area (Å²) in [4.78, 5) is 24.8. The van der Waals surface area contributed by atoms with Gasteiger partial charge in [0, 0.05) is 36.8 Å². The molecule has 6 nitrogen and oxygen atoms in total. The summed E-state index contributed by atoms with van der Waals surface area (Å²) < 4.78 is 17.0. The van der Waals surface area contributed by atoms with Gasteiger partial charge in [-0.3, -0.25) is 9.59 Å². The zero-order valence-corrected chi connectivity index (χ0v) is 15.4. The predicted octanol–water partition coefficient (Wildman–Crippen LogP) is 3.92. The molecule has 0 spiro atoms. The summed E-state index contributed by atoms with van der Waals surface area (Å²) in [6.45, 7) is 3.06. The summed E-state index contributed by atoms with van der Waals surface area (Å²) in [5.41, 5.74) is 1.82. The lowest BCUT2D eigenvalue weighted by molar-refractivity contribution is 0.0679. The zero-order chi connectivity index (χ0) is 18.8. The Morgan fingerprint density at radius 2 is 2.19 bits per heavy atom. The fourth-order valence-electron chi connectivity index (χ4n) is 3.68. The lowest BCUT2D eigenvalue weighted by Crippen LogP contribution is -2.16. The van der Waals surface area contributed by atoms with Crippen molar-refractivity contribution in [2.75, 3.05) is 18.5 Å². The number of furan rings is 1. The molecule has 1 aliphatic carbocycles. The maximum Gasteiger partial charge on any atom is 0.291 e. The Hall–Kier alpha value is -2.60. The third-order valence-electron chi connectivity index (χ3n) is 5.06. The molecule has 2 aromatic rings. The van der Waals surface area contributed by atoms with Crippen LogP contribution in [0.2, 0.25) is 0 Å². The van der Waals surface area contributed by atoms with E-state index in [1.54, 1.807) is 19.1 Å². The second kappa shape index (κ2) is 7.56. The number of ether oxygens (including phenoxy) is 2. The minimum atomic E-state index is -0.356. The summed E-state index contributed by atoms with van der Waals surface area (Å²) in [5.74, 6) is 1.21. The number of rotatable bonds is 5. The Balaban J connectivity index is 1.45. The molecule has 1 atom stereocenters. The first kappa shape index (κ1) is 17.8. The highest BCUT2D eigenvalue weighted by Gasteiger charge is 2.28. The van der Waals surface area contributed by atoms with Gasteiger partial charge >= 0.3 is 0 Å². The van der Waals surface area contributed by atoms with Crippen LogP contribution in [0.4, 0.5) is 5.69 Å². The maximum absolute atomic E-state index is 12.7. The average Bonchev–Trinajstić information content (AvgIpc) is 3.29. The van der Waals surface area contributed by atoms with Crippen molar-refractivity contribution >= 4 is 17.4 Å². The fraction of sp³-hybridized carbons (Fsp3) is 0.429. The van der Waals surface area contributed by atoms with Gasteiger partial charge in [0.25, 0.3) is 5.91 Å². The highest BCUT2D eigenvalue weighted by molar-refractivity contribution is 6.07. The molecule has 6 heteroatoms. The van der Waals surface area contributed by atoms with Crippen molar-refractivity contribution in [2.45, 2.75) is 45.1 Å². The van der Waals surface area contributed by atoms with E-state index in [1.807, 2.05) is 12.1 Å². The van der Waals surface area contributed by atoms with Gasteiger partial charge in [-0.05, 0) is 38.3 Å². The van der Waals surface area contributed by atoms with Gasteiger partial charge < -0.3 is 19.2 Å². The van der Waals surface area contributed by atoms with E-state index in [0.29, 0.717) is 47.8 Å². The molecule has 27 heavy (non-hydrogen) atoms. The number of anilines is 1. The van der Waals surface area contributed by atoms with E-state index in [2.05, 4.69) is 5.32 Å². The number of amides is 1. The largest absolute Gasteiger partial charge is 0.491 e. The van der Waals surface area contributed by atoms with Crippen LogP contribution < -0.4 is 10.1 Å². The number of ketones is 1. The molecule has 1 amide bonds. The van der Waals surface area contributed by atoms with Gasteiger partial charge in [-0.15, -0.1) is 0 Å². The molecule has 0 saturated carbocycles. The predicted molar refractivity (Wildman–Crippen MR) is 99.6 cm³/mol. The van der Waals surface area contributed by atoms with Gasteiger partial charge in [0.15, 0.2) is 11.5 Å². The van der Waals surface area contributed by atoms with Gasteiger partial charge in [-0.2, -0.15) is 0 Å². The van der Waals surface area contributed by atoms with Crippen LogP contribution in [0.5, 0.6) is 5.75 Å². The number of carbonyl (C=O) groups is 2. The Bertz CT molecular complexity index is 863. The van der Waals surface area contributed by atoms with Crippen molar-refractivity contribution in [1.29, 1.82) is 0 Å². The van der Waals surface area contributed by atoms with E-state index < -0.39 is 0 Å². The molecule has 142 valence electrons. The summed E-state index contributed by atoms with van der Waals surface area (Å²) in [5, 5.41) is 2.84. The molecule has 0 radical (unpaired) electrons. The number of carbonyl (C=O) groups excluding carboxylic acids is 2. The Labute approximate surface area is 157 Å². The van der Waals surface area contributed by atoms with Gasteiger partial charge in [-0.1, -0.05) is 6.07 Å². The minimum Gasteiger partial charge on any atom is -0.491 e. The summed E-state index contributed by atoms with van der Waals surface area (Å²) in [6, 6.07) is 7.24. The molecule has 1 aromatic heterocycles. The highest BCUT2D eigenvalue weighted by atomic mass is 16.5. The van der Waals surface area contributed by atoms with Crippen LogP contribution in [-0.2, 0) is 11.2 Å². The van der Waals surface area contributed by atoms with Crippen LogP contribution in [0, 0.1) is 6.92 Å². The quantitative estimate of drug-likeness (QED) is 0.864. The number of fused-ring (bicyclic) bond motifs is 1. The third kappa shape index (κ3) is 3.76. The number of Topliss-reactive ketones (excluding diaryl/α,β-unsaturated/α-hetero) is 1. The number of hydrogen-bond acceptors (Lipinski definition) is 5. The van der Waals surface area contributed by atoms with E-state index in [1.165, 1.54) is 0 Å². The molecule has 1 aromatic carbocycles. The third-order valence-corrected chi connectivity index (χ3v) is 5.06. The van der Waals surface area contributed by atoms with Crippen molar-refractivity contribution in [1.82, 2.24) is 0 Å². The van der Waals surface area contributed by atoms with Crippen molar-refractivity contribution < 1.29 is 23.5 Å². The summed E-state index contributed by atoms with van der Waals surface area (Å²) in [6.07, 6.45) is 4.19. The molecule has 1 fully saturated rings. The Morgan fingerprint density at radius 1 is 1.30 bits per heavy atom. The van der Waals surface area contributed by atoms with Crippen molar-refractivity contribution in [3.05, 3.63) is 46.9 Å². The van der Waals surface area contributed by atoms with E-state index in [0.717, 1.165) is 25.9 Å². The first-order chi connectivity index (χ1) is 13.1. The molecule has 1 unspecified atom stereocenters. The standard InChI is InChI=1S/C21H23NO5/c1-13-19-17(23)8-3-9-18(19)27-20(13)21(24)22-14-5-2-6-15(11-14)26-12-16-7-4-10-25-16/h2,5-6,11,16H,3-4,7-10,12H2,1H3,(H,22,24). The minimum absolute atomic E-state index is 0.0566. The number of nitrogens with one attached hydrogen (secondary N) is 1. The van der Waals surface area contributed by atoms with E-state index >= 15 is 0 Å². The molecule has 1 N–H and O–H groups in total. The average molecular weight is 369 g/mol. The van der Waals surface area contributed by atoms with Crippen LogP contribution in [0.3, 0.4) is 0 Å². The zero-order valence-electron chi connectivity index (χ0n) is 15.4. The topological polar surface area (TPSA) is 77.8 Å². The van der Waals surface area contributed by atoms with Crippen LogP contribution in [0.1, 0.15) is 57.9 Å². The summed E-state index contributed by atoms with van der Waals surface area (Å²) in [7, 11) is 0. The Morgan fingerprint density at radius 3 is 2.96 bits per heavy atom. The number of aryl methyl sites for hydroxylation is 1. The van der Waals surface area contributed by atoms with E-state index in [9.17, 15) is 9.59 Å². The van der Waals surface area contributed by atoms with Crippen LogP contribution in [0.15, 0.2) is 28.7 Å². The molecule has 2 aliphatic rings. The SMILES string of the molecule is Cc1c(C(=O)Nc2cccc(OCC3CCCO3)c2)oc2c1C(=O)CCC2. The van der Waals surface area contributed by atoms with Crippen LogP contribution in [0.25, 0.3) is 0 Å². The van der Waals surface area contributed by atoms with E-state index in [-0.39, 0.29) is 23.6 Å². The number of hydrogen-bond donors (Lipinski definition) is 1. The number of benzene rings is 1. The van der Waals surface area contributed by atoms with Crippen molar-refractivity contribution in [3.63, 3.8) is 0 Å². The monoisotopic (exact) mass is 369 g/mol. The second-order valence-corrected chi connectivity index (χ2v) is 7.06. The molecule has 2 heterocycles. The molecular formula is C21H23NO5. The molecular weight excluding hydrogens is 346 g/mol. The molecule has 0 bridgehead atoms. The van der Waals surface area contributed by atoms with Crippen molar-refractivity contribution in [3.8, 4) is 5.75 Å². The molecule has 4 rings (SSSR count). The van der Waals surface area contributed by atoms with E-state index in [4.69, 9.17) is 13.9 Å². The van der Waals surface area contributed by atoms with Crippen LogP contribution in [-0.4, -0.2) is 31.0 Å². The van der Waals surface area contributed by atoms with Gasteiger partial charge in [-0.25, -0.2) is 0 Å². The van der Waals surface area contributed by atoms with Crippen molar-refractivity contribution in [2.24, 2.45) is 0 Å². The second-order valence-electron chi connectivity index (χ2n) is 7.06. The lowest BCUT2D eigenvalue weighted by Gasteiger charge is -2.12.